The molecular formula is C17H24N2O2. The van der Waals surface area contributed by atoms with Crippen molar-refractivity contribution in [2.24, 2.45) is 0 Å². The van der Waals surface area contributed by atoms with Gasteiger partial charge in [0.15, 0.2) is 0 Å². The average Bonchev–Trinajstić information content (AvgIpc) is 2.60. The van der Waals surface area contributed by atoms with Gasteiger partial charge in [0.2, 0.25) is 11.8 Å². The number of carbonyl (C=O) groups excluding carboxylic acids is 2. The molecule has 2 amide bonds. The van der Waals surface area contributed by atoms with Crippen molar-refractivity contribution in [1.29, 1.82) is 0 Å². The van der Waals surface area contributed by atoms with Gasteiger partial charge in [0.05, 0.1) is 0 Å². The average molecular weight is 288 g/mol. The molecule has 1 heterocycles. The molecule has 1 unspecified atom stereocenters. The van der Waals surface area contributed by atoms with E-state index in [0.29, 0.717) is 25.3 Å². The van der Waals surface area contributed by atoms with Crippen molar-refractivity contribution < 1.29 is 9.59 Å². The minimum Gasteiger partial charge on any atom is -0.344 e. The number of benzene rings is 1. The second-order valence-corrected chi connectivity index (χ2v) is 5.89. The molecule has 1 fully saturated rings. The van der Waals surface area contributed by atoms with Gasteiger partial charge >= 0.3 is 0 Å². The van der Waals surface area contributed by atoms with Crippen molar-refractivity contribution in [2.75, 3.05) is 11.4 Å². The highest BCUT2D eigenvalue weighted by Crippen LogP contribution is 2.22. The van der Waals surface area contributed by atoms with E-state index in [2.05, 4.69) is 31.3 Å². The maximum atomic E-state index is 12.6. The van der Waals surface area contributed by atoms with E-state index in [4.69, 9.17) is 0 Å². The molecule has 1 saturated heterocycles. The summed E-state index contributed by atoms with van der Waals surface area (Å²) in [5, 5.41) is 2.83. The SMILES string of the molecule is CCCC1NC(=O)CCN(c2ccc(C(C)C)cc2)C1=O. The third-order valence-electron chi connectivity index (χ3n) is 3.91. The quantitative estimate of drug-likeness (QED) is 0.926. The fourth-order valence-electron chi connectivity index (χ4n) is 2.62. The largest absolute Gasteiger partial charge is 0.344 e. The van der Waals surface area contributed by atoms with Crippen molar-refractivity contribution in [1.82, 2.24) is 5.32 Å². The summed E-state index contributed by atoms with van der Waals surface area (Å²) in [6, 6.07) is 7.68. The molecule has 0 spiro atoms. The molecule has 21 heavy (non-hydrogen) atoms. The minimum atomic E-state index is -0.394. The molecule has 114 valence electrons. The van der Waals surface area contributed by atoms with Crippen LogP contribution in [0.2, 0.25) is 0 Å². The predicted molar refractivity (Wildman–Crippen MR) is 84.3 cm³/mol. The highest BCUT2D eigenvalue weighted by Gasteiger charge is 2.29. The fourth-order valence-corrected chi connectivity index (χ4v) is 2.62. The summed E-state index contributed by atoms with van der Waals surface area (Å²) in [5.74, 6) is 0.429. The lowest BCUT2D eigenvalue weighted by Gasteiger charge is -2.24. The Kier molecular flexibility index (Phi) is 4.99. The van der Waals surface area contributed by atoms with E-state index >= 15 is 0 Å². The van der Waals surface area contributed by atoms with Gasteiger partial charge in [0.25, 0.3) is 0 Å². The van der Waals surface area contributed by atoms with E-state index in [-0.39, 0.29) is 11.8 Å². The summed E-state index contributed by atoms with van der Waals surface area (Å²) in [7, 11) is 0. The number of hydrogen-bond donors (Lipinski definition) is 1. The molecule has 0 aliphatic carbocycles. The zero-order chi connectivity index (χ0) is 15.4. The van der Waals surface area contributed by atoms with Gasteiger partial charge < -0.3 is 10.2 Å². The van der Waals surface area contributed by atoms with Crippen LogP contribution < -0.4 is 10.2 Å². The van der Waals surface area contributed by atoms with Crippen molar-refractivity contribution in [3.05, 3.63) is 29.8 Å². The Labute approximate surface area is 126 Å². The van der Waals surface area contributed by atoms with Crippen LogP contribution in [-0.4, -0.2) is 24.4 Å². The van der Waals surface area contributed by atoms with Crippen molar-refractivity contribution in [2.45, 2.75) is 52.0 Å². The molecular weight excluding hydrogens is 264 g/mol. The summed E-state index contributed by atoms with van der Waals surface area (Å²) in [6.07, 6.45) is 1.92. The van der Waals surface area contributed by atoms with Gasteiger partial charge in [-0.05, 0) is 30.0 Å². The van der Waals surface area contributed by atoms with Crippen LogP contribution in [0.15, 0.2) is 24.3 Å². The number of amides is 2. The van der Waals surface area contributed by atoms with Gasteiger partial charge in [-0.3, -0.25) is 9.59 Å². The first-order valence-electron chi connectivity index (χ1n) is 7.73. The normalized spacial score (nSPS) is 19.6. The first-order valence-corrected chi connectivity index (χ1v) is 7.73. The molecule has 0 saturated carbocycles. The molecule has 1 aliphatic heterocycles. The molecule has 1 N–H and O–H groups in total. The summed E-state index contributed by atoms with van der Waals surface area (Å²) in [6.45, 7) is 6.76. The summed E-state index contributed by atoms with van der Waals surface area (Å²) < 4.78 is 0. The van der Waals surface area contributed by atoms with Crippen LogP contribution in [0.3, 0.4) is 0 Å². The maximum absolute atomic E-state index is 12.6. The minimum absolute atomic E-state index is 0.00000283. The number of nitrogens with zero attached hydrogens (tertiary/aromatic N) is 1. The van der Waals surface area contributed by atoms with Gasteiger partial charge in [-0.2, -0.15) is 0 Å². The Bertz CT molecular complexity index is 508. The van der Waals surface area contributed by atoms with E-state index in [1.807, 2.05) is 19.1 Å². The zero-order valence-corrected chi connectivity index (χ0v) is 13.1. The molecule has 0 radical (unpaired) electrons. The van der Waals surface area contributed by atoms with E-state index < -0.39 is 6.04 Å². The Morgan fingerprint density at radius 1 is 1.24 bits per heavy atom. The number of carbonyl (C=O) groups is 2. The van der Waals surface area contributed by atoms with Gasteiger partial charge in [-0.25, -0.2) is 0 Å². The topological polar surface area (TPSA) is 49.4 Å². The van der Waals surface area contributed by atoms with Gasteiger partial charge in [-0.15, -0.1) is 0 Å². The Morgan fingerprint density at radius 2 is 1.90 bits per heavy atom. The second kappa shape index (κ2) is 6.74. The summed E-state index contributed by atoms with van der Waals surface area (Å²) in [4.78, 5) is 26.1. The van der Waals surface area contributed by atoms with Crippen LogP contribution in [0.4, 0.5) is 5.69 Å². The molecule has 1 atom stereocenters. The first kappa shape index (κ1) is 15.5. The monoisotopic (exact) mass is 288 g/mol. The fraction of sp³-hybridized carbons (Fsp3) is 0.529. The van der Waals surface area contributed by atoms with Crippen LogP contribution in [0.1, 0.15) is 51.5 Å². The molecule has 1 aliphatic rings. The van der Waals surface area contributed by atoms with Crippen LogP contribution in [0.25, 0.3) is 0 Å². The van der Waals surface area contributed by atoms with E-state index in [9.17, 15) is 9.59 Å². The van der Waals surface area contributed by atoms with Crippen molar-refractivity contribution in [3.63, 3.8) is 0 Å². The van der Waals surface area contributed by atoms with Crippen LogP contribution in [0, 0.1) is 0 Å². The lowest BCUT2D eigenvalue weighted by molar-refractivity contribution is -0.125. The molecule has 4 nitrogen and oxygen atoms in total. The second-order valence-electron chi connectivity index (χ2n) is 5.89. The van der Waals surface area contributed by atoms with Crippen LogP contribution in [0.5, 0.6) is 0 Å². The van der Waals surface area contributed by atoms with Gasteiger partial charge in [-0.1, -0.05) is 39.3 Å². The lowest BCUT2D eigenvalue weighted by atomic mass is 10.0. The van der Waals surface area contributed by atoms with E-state index in [1.54, 1.807) is 4.90 Å². The van der Waals surface area contributed by atoms with E-state index in [0.717, 1.165) is 12.1 Å². The number of rotatable bonds is 4. The standard InChI is InChI=1S/C17H24N2O2/c1-4-5-15-17(21)19(11-10-16(20)18-15)14-8-6-13(7-9-14)12(2)3/h6-9,12,15H,4-5,10-11H2,1-3H3,(H,18,20). The maximum Gasteiger partial charge on any atom is 0.249 e. The van der Waals surface area contributed by atoms with Crippen molar-refractivity contribution >= 4 is 17.5 Å². The van der Waals surface area contributed by atoms with Gasteiger partial charge in [0, 0.05) is 18.7 Å². The Hall–Kier alpha value is -1.84. The third kappa shape index (κ3) is 3.63. The Balaban J connectivity index is 2.23. The Morgan fingerprint density at radius 3 is 2.48 bits per heavy atom. The highest BCUT2D eigenvalue weighted by atomic mass is 16.2. The number of nitrogens with one attached hydrogen (secondary N) is 1. The number of anilines is 1. The molecule has 1 aromatic rings. The summed E-state index contributed by atoms with van der Waals surface area (Å²) >= 11 is 0. The van der Waals surface area contributed by atoms with Crippen molar-refractivity contribution in [3.8, 4) is 0 Å². The number of hydrogen-bond acceptors (Lipinski definition) is 2. The summed E-state index contributed by atoms with van der Waals surface area (Å²) in [5.41, 5.74) is 2.13. The third-order valence-corrected chi connectivity index (χ3v) is 3.91. The predicted octanol–water partition coefficient (Wildman–Crippen LogP) is 2.83. The van der Waals surface area contributed by atoms with Crippen LogP contribution >= 0.6 is 0 Å². The van der Waals surface area contributed by atoms with Crippen LogP contribution in [-0.2, 0) is 9.59 Å². The smallest absolute Gasteiger partial charge is 0.249 e. The molecule has 4 heteroatoms. The van der Waals surface area contributed by atoms with Gasteiger partial charge in [0.1, 0.15) is 6.04 Å². The molecule has 2 rings (SSSR count). The van der Waals surface area contributed by atoms with E-state index in [1.165, 1.54) is 5.56 Å². The molecule has 0 bridgehead atoms. The highest BCUT2D eigenvalue weighted by molar-refractivity contribution is 6.01. The zero-order valence-electron chi connectivity index (χ0n) is 13.1. The lowest BCUT2D eigenvalue weighted by Crippen LogP contribution is -2.44. The molecule has 1 aromatic carbocycles. The molecule has 0 aromatic heterocycles. The first-order chi connectivity index (χ1) is 10.0.